The summed E-state index contributed by atoms with van der Waals surface area (Å²) in [5.41, 5.74) is 2.41. The molecule has 1 N–H and O–H groups in total. The lowest BCUT2D eigenvalue weighted by Crippen LogP contribution is -2.36. The van der Waals surface area contributed by atoms with Crippen LogP contribution in [0.4, 0.5) is 10.5 Å². The lowest BCUT2D eigenvalue weighted by atomic mass is 10.1. The Labute approximate surface area is 212 Å². The van der Waals surface area contributed by atoms with Crippen LogP contribution in [0.2, 0.25) is 0 Å². The molecule has 0 atom stereocenters. The molecule has 1 saturated heterocycles. The summed E-state index contributed by atoms with van der Waals surface area (Å²) in [6.07, 6.45) is 1.64. The molecule has 4 aromatic carbocycles. The smallest absolute Gasteiger partial charge is 0.294 e. The predicted molar refractivity (Wildman–Crippen MR) is 142 cm³/mol. The van der Waals surface area contributed by atoms with Crippen molar-refractivity contribution < 1.29 is 19.1 Å². The first kappa shape index (κ1) is 23.4. The van der Waals surface area contributed by atoms with Crippen LogP contribution >= 0.6 is 11.8 Å². The summed E-state index contributed by atoms with van der Waals surface area (Å²) in [6.45, 7) is 0.0675. The van der Waals surface area contributed by atoms with Gasteiger partial charge in [-0.2, -0.15) is 0 Å². The van der Waals surface area contributed by atoms with Gasteiger partial charge in [-0.25, -0.2) is 0 Å². The second-order valence-electron chi connectivity index (χ2n) is 8.19. The van der Waals surface area contributed by atoms with Gasteiger partial charge in [-0.15, -0.1) is 0 Å². The third-order valence-corrected chi connectivity index (χ3v) is 6.55. The Balaban J connectivity index is 1.25. The molecule has 1 aliphatic heterocycles. The standard InChI is InChI=1S/C29H22N2O4S/c32-27(30-25-15-7-12-22-11-4-5-14-24(22)25)18-31-28(33)26(36-29(31)34)17-21-10-6-13-23(16-21)35-19-20-8-2-1-3-9-20/h1-17H,18-19H2,(H,30,32)/b26-17+. The molecule has 0 bridgehead atoms. The van der Waals surface area contributed by atoms with Crippen molar-refractivity contribution in [3.63, 3.8) is 0 Å². The van der Waals surface area contributed by atoms with Crippen molar-refractivity contribution >= 4 is 51.4 Å². The first-order chi connectivity index (χ1) is 17.6. The number of imide groups is 1. The average molecular weight is 495 g/mol. The maximum atomic E-state index is 12.9. The second kappa shape index (κ2) is 10.5. The second-order valence-corrected chi connectivity index (χ2v) is 9.18. The predicted octanol–water partition coefficient (Wildman–Crippen LogP) is 6.09. The molecule has 0 unspecified atom stereocenters. The molecule has 0 spiro atoms. The van der Waals surface area contributed by atoms with E-state index in [4.69, 9.17) is 4.74 Å². The van der Waals surface area contributed by atoms with E-state index < -0.39 is 17.1 Å². The minimum Gasteiger partial charge on any atom is -0.489 e. The largest absolute Gasteiger partial charge is 0.489 e. The molecule has 1 fully saturated rings. The summed E-state index contributed by atoms with van der Waals surface area (Å²) < 4.78 is 5.85. The number of nitrogens with zero attached hydrogens (tertiary/aromatic N) is 1. The van der Waals surface area contributed by atoms with E-state index in [1.165, 1.54) is 0 Å². The number of thioether (sulfide) groups is 1. The molecule has 0 saturated carbocycles. The van der Waals surface area contributed by atoms with Gasteiger partial charge in [0.25, 0.3) is 11.1 Å². The third kappa shape index (κ3) is 5.31. The first-order valence-electron chi connectivity index (χ1n) is 11.4. The van der Waals surface area contributed by atoms with E-state index in [2.05, 4.69) is 5.32 Å². The van der Waals surface area contributed by atoms with Gasteiger partial charge in [0.15, 0.2) is 0 Å². The average Bonchev–Trinajstić information content (AvgIpc) is 3.15. The van der Waals surface area contributed by atoms with Crippen LogP contribution in [0, 0.1) is 0 Å². The molecule has 3 amide bonds. The van der Waals surface area contributed by atoms with Crippen molar-refractivity contribution in [3.05, 3.63) is 113 Å². The maximum absolute atomic E-state index is 12.9. The Kier molecular flexibility index (Phi) is 6.82. The number of hydrogen-bond donors (Lipinski definition) is 1. The molecule has 0 radical (unpaired) electrons. The minimum absolute atomic E-state index is 0.262. The van der Waals surface area contributed by atoms with Crippen LogP contribution < -0.4 is 10.1 Å². The van der Waals surface area contributed by atoms with E-state index in [1.807, 2.05) is 91.0 Å². The SMILES string of the molecule is O=C(CN1C(=O)S/C(=C/c2cccc(OCc3ccccc3)c2)C1=O)Nc1cccc2ccccc12. The van der Waals surface area contributed by atoms with Gasteiger partial charge < -0.3 is 10.1 Å². The van der Waals surface area contributed by atoms with Crippen LogP contribution in [0.15, 0.2) is 102 Å². The molecule has 6 nitrogen and oxygen atoms in total. The van der Waals surface area contributed by atoms with Crippen molar-refractivity contribution in [3.8, 4) is 5.75 Å². The van der Waals surface area contributed by atoms with Crippen molar-refractivity contribution in [1.29, 1.82) is 0 Å². The summed E-state index contributed by atoms with van der Waals surface area (Å²) in [5, 5.41) is 4.22. The number of rotatable bonds is 7. The molecule has 4 aromatic rings. The molecular formula is C29H22N2O4S. The number of benzene rings is 4. The Morgan fingerprint density at radius 2 is 1.64 bits per heavy atom. The van der Waals surface area contributed by atoms with E-state index in [0.717, 1.165) is 38.6 Å². The Morgan fingerprint density at radius 3 is 2.50 bits per heavy atom. The number of fused-ring (bicyclic) bond motifs is 1. The van der Waals surface area contributed by atoms with Gasteiger partial charge >= 0.3 is 0 Å². The van der Waals surface area contributed by atoms with Crippen LogP contribution in [-0.2, 0) is 16.2 Å². The fourth-order valence-electron chi connectivity index (χ4n) is 3.89. The van der Waals surface area contributed by atoms with E-state index in [-0.39, 0.29) is 11.4 Å². The highest BCUT2D eigenvalue weighted by molar-refractivity contribution is 8.18. The van der Waals surface area contributed by atoms with Gasteiger partial charge in [0.2, 0.25) is 5.91 Å². The Bertz CT molecular complexity index is 1480. The van der Waals surface area contributed by atoms with Gasteiger partial charge in [0.1, 0.15) is 18.9 Å². The topological polar surface area (TPSA) is 75.7 Å². The van der Waals surface area contributed by atoms with Crippen LogP contribution in [0.5, 0.6) is 5.75 Å². The van der Waals surface area contributed by atoms with Crippen LogP contribution in [0.1, 0.15) is 11.1 Å². The van der Waals surface area contributed by atoms with E-state index in [9.17, 15) is 14.4 Å². The molecule has 36 heavy (non-hydrogen) atoms. The van der Waals surface area contributed by atoms with Crippen molar-refractivity contribution in [2.75, 3.05) is 11.9 Å². The van der Waals surface area contributed by atoms with Crippen LogP contribution in [-0.4, -0.2) is 28.5 Å². The van der Waals surface area contributed by atoms with E-state index >= 15 is 0 Å². The monoisotopic (exact) mass is 494 g/mol. The van der Waals surface area contributed by atoms with E-state index in [1.54, 1.807) is 12.1 Å². The van der Waals surface area contributed by atoms with Crippen molar-refractivity contribution in [1.82, 2.24) is 4.90 Å². The highest BCUT2D eigenvalue weighted by Gasteiger charge is 2.36. The quantitative estimate of drug-likeness (QED) is 0.315. The fourth-order valence-corrected chi connectivity index (χ4v) is 4.73. The summed E-state index contributed by atoms with van der Waals surface area (Å²) in [6, 6.07) is 30.4. The molecule has 1 aliphatic rings. The summed E-state index contributed by atoms with van der Waals surface area (Å²) in [7, 11) is 0. The molecule has 0 aliphatic carbocycles. The highest BCUT2D eigenvalue weighted by atomic mass is 32.2. The normalized spacial score (nSPS) is 14.4. The zero-order chi connectivity index (χ0) is 24.9. The Hall–Kier alpha value is -4.36. The molecule has 1 heterocycles. The van der Waals surface area contributed by atoms with Gasteiger partial charge in [0, 0.05) is 11.1 Å². The van der Waals surface area contributed by atoms with Crippen molar-refractivity contribution in [2.45, 2.75) is 6.61 Å². The summed E-state index contributed by atoms with van der Waals surface area (Å²) in [5.74, 6) is -0.277. The Morgan fingerprint density at radius 1 is 0.889 bits per heavy atom. The lowest BCUT2D eigenvalue weighted by Gasteiger charge is -2.13. The zero-order valence-corrected chi connectivity index (χ0v) is 20.0. The molecule has 178 valence electrons. The molecule has 0 aromatic heterocycles. The number of amides is 3. The lowest BCUT2D eigenvalue weighted by molar-refractivity contribution is -0.127. The number of ether oxygens (including phenoxy) is 1. The number of nitrogens with one attached hydrogen (secondary N) is 1. The van der Waals surface area contributed by atoms with E-state index in [0.29, 0.717) is 18.0 Å². The van der Waals surface area contributed by atoms with Gasteiger partial charge in [0.05, 0.1) is 4.91 Å². The number of hydrogen-bond acceptors (Lipinski definition) is 5. The maximum Gasteiger partial charge on any atom is 0.294 e. The summed E-state index contributed by atoms with van der Waals surface area (Å²) in [4.78, 5) is 39.4. The van der Waals surface area contributed by atoms with Gasteiger partial charge in [-0.3, -0.25) is 19.3 Å². The highest BCUT2D eigenvalue weighted by Crippen LogP contribution is 2.33. The number of anilines is 1. The molecule has 7 heteroatoms. The first-order valence-corrected chi connectivity index (χ1v) is 12.2. The van der Waals surface area contributed by atoms with Crippen LogP contribution in [0.25, 0.3) is 16.8 Å². The fraction of sp³-hybridized carbons (Fsp3) is 0.0690. The molecule has 5 rings (SSSR count). The van der Waals surface area contributed by atoms with Crippen molar-refractivity contribution in [2.24, 2.45) is 0 Å². The van der Waals surface area contributed by atoms with Gasteiger partial charge in [-0.1, -0.05) is 78.9 Å². The minimum atomic E-state index is -0.492. The molecular weight excluding hydrogens is 472 g/mol. The van der Waals surface area contributed by atoms with Gasteiger partial charge in [-0.05, 0) is 52.6 Å². The zero-order valence-electron chi connectivity index (χ0n) is 19.2. The summed E-state index contributed by atoms with van der Waals surface area (Å²) >= 11 is 0.821. The van der Waals surface area contributed by atoms with Crippen LogP contribution in [0.3, 0.4) is 0 Å². The number of carbonyl (C=O) groups is 3. The third-order valence-electron chi connectivity index (χ3n) is 5.64. The number of carbonyl (C=O) groups excluding carboxylic acids is 3.